The van der Waals surface area contributed by atoms with Crippen LogP contribution in [0, 0.1) is 31.6 Å². The van der Waals surface area contributed by atoms with Crippen molar-refractivity contribution in [3.8, 4) is 0 Å². The van der Waals surface area contributed by atoms with Crippen LogP contribution in [0.5, 0.6) is 0 Å². The fraction of sp³-hybridized carbons (Fsp3) is 0.667. The fourth-order valence-corrected chi connectivity index (χ4v) is 3.84. The first-order valence-electron chi connectivity index (χ1n) is 8.05. The summed E-state index contributed by atoms with van der Waals surface area (Å²) in [4.78, 5) is 0. The maximum Gasteiger partial charge on any atom is 0.0488 e. The first-order valence-corrected chi connectivity index (χ1v) is 8.05. The first-order chi connectivity index (χ1) is 9.51. The number of aryl methyl sites for hydroxylation is 2. The number of hydrazine groups is 1. The molecule has 0 aromatic heterocycles. The zero-order valence-corrected chi connectivity index (χ0v) is 13.4. The van der Waals surface area contributed by atoms with E-state index in [9.17, 15) is 0 Å². The minimum Gasteiger partial charge on any atom is -0.271 e. The summed E-state index contributed by atoms with van der Waals surface area (Å²) in [6.45, 7) is 9.04. The second-order valence-corrected chi connectivity index (χ2v) is 6.98. The van der Waals surface area contributed by atoms with E-state index in [1.807, 2.05) is 0 Å². The predicted octanol–water partition coefficient (Wildman–Crippen LogP) is 4.27. The third-order valence-corrected chi connectivity index (χ3v) is 5.01. The highest BCUT2D eigenvalue weighted by atomic mass is 15.2. The Balaban J connectivity index is 2.09. The Bertz CT molecular complexity index is 411. The van der Waals surface area contributed by atoms with Crippen molar-refractivity contribution in [1.82, 2.24) is 5.43 Å². The molecule has 1 saturated carbocycles. The summed E-state index contributed by atoms with van der Waals surface area (Å²) in [7, 11) is 0. The van der Waals surface area contributed by atoms with Gasteiger partial charge in [0.05, 0.1) is 0 Å². The van der Waals surface area contributed by atoms with Crippen molar-refractivity contribution < 1.29 is 0 Å². The minimum atomic E-state index is 0.307. The standard InChI is InChI=1S/C18H30N2/c1-12(2)15-5-7-16(8-6-15)18(20-19)17-10-13(3)9-14(4)11-17/h9-12,15-16,18,20H,5-8,19H2,1-4H3. The van der Waals surface area contributed by atoms with Crippen LogP contribution in [0.25, 0.3) is 0 Å². The Hall–Kier alpha value is -0.860. The molecular formula is C18H30N2. The van der Waals surface area contributed by atoms with Gasteiger partial charge in [0.1, 0.15) is 0 Å². The van der Waals surface area contributed by atoms with Gasteiger partial charge in [0.25, 0.3) is 0 Å². The SMILES string of the molecule is Cc1cc(C)cc(C(NN)C2CCC(C(C)C)CC2)c1. The van der Waals surface area contributed by atoms with Crippen LogP contribution in [0.1, 0.15) is 62.3 Å². The lowest BCUT2D eigenvalue weighted by atomic mass is 9.73. The van der Waals surface area contributed by atoms with E-state index in [2.05, 4.69) is 51.3 Å². The summed E-state index contributed by atoms with van der Waals surface area (Å²) >= 11 is 0. The van der Waals surface area contributed by atoms with Gasteiger partial charge in [-0.1, -0.05) is 43.2 Å². The van der Waals surface area contributed by atoms with E-state index in [4.69, 9.17) is 5.84 Å². The molecule has 1 fully saturated rings. The minimum absolute atomic E-state index is 0.307. The van der Waals surface area contributed by atoms with Crippen molar-refractivity contribution in [3.63, 3.8) is 0 Å². The maximum absolute atomic E-state index is 5.88. The van der Waals surface area contributed by atoms with E-state index in [1.54, 1.807) is 0 Å². The number of nitrogens with two attached hydrogens (primary N) is 1. The molecular weight excluding hydrogens is 244 g/mol. The average Bonchev–Trinajstić information content (AvgIpc) is 2.39. The Morgan fingerprint density at radius 1 is 0.950 bits per heavy atom. The molecule has 1 aromatic carbocycles. The van der Waals surface area contributed by atoms with Crippen LogP contribution in [-0.2, 0) is 0 Å². The van der Waals surface area contributed by atoms with Gasteiger partial charge in [-0.25, -0.2) is 0 Å². The van der Waals surface area contributed by atoms with Crippen molar-refractivity contribution >= 4 is 0 Å². The number of hydrogen-bond donors (Lipinski definition) is 2. The van der Waals surface area contributed by atoms with E-state index in [-0.39, 0.29) is 0 Å². The molecule has 0 bridgehead atoms. The first kappa shape index (κ1) is 15.5. The highest BCUT2D eigenvalue weighted by Crippen LogP contribution is 2.39. The molecule has 0 saturated heterocycles. The van der Waals surface area contributed by atoms with Gasteiger partial charge in [0.15, 0.2) is 0 Å². The van der Waals surface area contributed by atoms with Gasteiger partial charge >= 0.3 is 0 Å². The smallest absolute Gasteiger partial charge is 0.0488 e. The fourth-order valence-electron chi connectivity index (χ4n) is 3.84. The summed E-state index contributed by atoms with van der Waals surface area (Å²) in [6.07, 6.45) is 5.30. The molecule has 20 heavy (non-hydrogen) atoms. The lowest BCUT2D eigenvalue weighted by molar-refractivity contribution is 0.189. The van der Waals surface area contributed by atoms with Crippen molar-refractivity contribution in [3.05, 3.63) is 34.9 Å². The molecule has 0 amide bonds. The van der Waals surface area contributed by atoms with E-state index >= 15 is 0 Å². The van der Waals surface area contributed by atoms with Gasteiger partial charge in [0.2, 0.25) is 0 Å². The third-order valence-electron chi connectivity index (χ3n) is 5.01. The molecule has 1 atom stereocenters. The Labute approximate surface area is 124 Å². The molecule has 0 spiro atoms. The molecule has 2 nitrogen and oxygen atoms in total. The summed E-state index contributed by atoms with van der Waals surface area (Å²) in [5.41, 5.74) is 7.11. The van der Waals surface area contributed by atoms with Crippen LogP contribution < -0.4 is 11.3 Å². The second kappa shape index (κ2) is 6.73. The highest BCUT2D eigenvalue weighted by Gasteiger charge is 2.29. The van der Waals surface area contributed by atoms with Gasteiger partial charge in [-0.15, -0.1) is 0 Å². The lowest BCUT2D eigenvalue weighted by Crippen LogP contribution is -2.36. The van der Waals surface area contributed by atoms with Gasteiger partial charge in [-0.2, -0.15) is 0 Å². The topological polar surface area (TPSA) is 38.0 Å². The molecule has 0 aliphatic heterocycles. The molecule has 1 aromatic rings. The number of rotatable bonds is 4. The van der Waals surface area contributed by atoms with Crippen LogP contribution in [0.2, 0.25) is 0 Å². The van der Waals surface area contributed by atoms with Gasteiger partial charge in [-0.05, 0) is 62.8 Å². The van der Waals surface area contributed by atoms with Crippen LogP contribution in [0.4, 0.5) is 0 Å². The predicted molar refractivity (Wildman–Crippen MR) is 86.3 cm³/mol. The molecule has 1 aliphatic carbocycles. The summed E-state index contributed by atoms with van der Waals surface area (Å²) in [6, 6.07) is 7.10. The van der Waals surface area contributed by atoms with Crippen LogP contribution in [0.15, 0.2) is 18.2 Å². The Kier molecular flexibility index (Phi) is 5.22. The number of nitrogens with one attached hydrogen (secondary N) is 1. The van der Waals surface area contributed by atoms with Crippen molar-refractivity contribution in [2.24, 2.45) is 23.6 Å². The van der Waals surface area contributed by atoms with E-state index in [1.165, 1.54) is 42.4 Å². The molecule has 3 N–H and O–H groups in total. The van der Waals surface area contributed by atoms with E-state index < -0.39 is 0 Å². The van der Waals surface area contributed by atoms with Crippen molar-refractivity contribution in [1.29, 1.82) is 0 Å². The maximum atomic E-state index is 5.88. The lowest BCUT2D eigenvalue weighted by Gasteiger charge is -2.35. The third kappa shape index (κ3) is 3.62. The monoisotopic (exact) mass is 274 g/mol. The van der Waals surface area contributed by atoms with Crippen LogP contribution in [0.3, 0.4) is 0 Å². The van der Waals surface area contributed by atoms with Crippen LogP contribution >= 0.6 is 0 Å². The summed E-state index contributed by atoms with van der Waals surface area (Å²) in [5, 5.41) is 0. The van der Waals surface area contributed by atoms with Crippen molar-refractivity contribution in [2.45, 2.75) is 59.4 Å². The molecule has 0 heterocycles. The quantitative estimate of drug-likeness (QED) is 0.635. The molecule has 2 rings (SSSR count). The molecule has 1 aliphatic rings. The van der Waals surface area contributed by atoms with Crippen molar-refractivity contribution in [2.75, 3.05) is 0 Å². The Morgan fingerprint density at radius 2 is 1.45 bits per heavy atom. The largest absolute Gasteiger partial charge is 0.271 e. The second-order valence-electron chi connectivity index (χ2n) is 6.98. The summed E-state index contributed by atoms with van der Waals surface area (Å²) < 4.78 is 0. The summed E-state index contributed by atoms with van der Waals surface area (Å²) in [5.74, 6) is 8.28. The zero-order valence-electron chi connectivity index (χ0n) is 13.4. The van der Waals surface area contributed by atoms with Gasteiger partial charge in [-0.3, -0.25) is 11.3 Å². The van der Waals surface area contributed by atoms with Crippen LogP contribution in [-0.4, -0.2) is 0 Å². The highest BCUT2D eigenvalue weighted by molar-refractivity contribution is 5.31. The molecule has 0 radical (unpaired) electrons. The molecule has 1 unspecified atom stereocenters. The van der Waals surface area contributed by atoms with E-state index in [0.717, 1.165) is 11.8 Å². The molecule has 112 valence electrons. The number of hydrogen-bond acceptors (Lipinski definition) is 2. The zero-order chi connectivity index (χ0) is 14.7. The van der Waals surface area contributed by atoms with Gasteiger partial charge < -0.3 is 0 Å². The van der Waals surface area contributed by atoms with E-state index in [0.29, 0.717) is 12.0 Å². The molecule has 2 heteroatoms. The average molecular weight is 274 g/mol. The van der Waals surface area contributed by atoms with Gasteiger partial charge in [0, 0.05) is 6.04 Å². The number of benzene rings is 1. The normalized spacial score (nSPS) is 24.9. The Morgan fingerprint density at radius 3 is 1.90 bits per heavy atom.